The Morgan fingerprint density at radius 3 is 2.62 bits per heavy atom. The van der Waals surface area contributed by atoms with Gasteiger partial charge < -0.3 is 5.32 Å². The van der Waals surface area contributed by atoms with E-state index in [1.807, 2.05) is 0 Å². The molecule has 0 saturated heterocycles. The molecule has 1 saturated carbocycles. The summed E-state index contributed by atoms with van der Waals surface area (Å²) in [5, 5.41) is 3.41. The molecule has 1 aliphatic carbocycles. The van der Waals surface area contributed by atoms with Crippen molar-refractivity contribution >= 4 is 37.3 Å². The topological polar surface area (TPSA) is 58.2 Å². The first kappa shape index (κ1) is 17.4. The molecule has 1 heterocycles. The minimum atomic E-state index is -3.42. The van der Waals surface area contributed by atoms with Crippen LogP contribution in [0.25, 0.3) is 0 Å². The predicted octanol–water partition coefficient (Wildman–Crippen LogP) is 3.48. The van der Waals surface area contributed by atoms with Crippen LogP contribution in [0.4, 0.5) is 0 Å². The van der Waals surface area contributed by atoms with Crippen molar-refractivity contribution < 1.29 is 8.42 Å². The Kier molecular flexibility index (Phi) is 6.25. The molecule has 0 amide bonds. The van der Waals surface area contributed by atoms with E-state index in [2.05, 4.69) is 39.8 Å². The molecular formula is C14H23BrN2O2S2. The highest BCUT2D eigenvalue weighted by molar-refractivity contribution is 9.11. The van der Waals surface area contributed by atoms with Crippen LogP contribution in [-0.2, 0) is 16.6 Å². The Balaban J connectivity index is 2.00. The van der Waals surface area contributed by atoms with E-state index in [0.29, 0.717) is 27.2 Å². The van der Waals surface area contributed by atoms with Gasteiger partial charge in [-0.3, -0.25) is 0 Å². The zero-order valence-corrected chi connectivity index (χ0v) is 15.7. The standard InChI is InChI=1S/C14H23BrN2O2S2/c1-3-10(4-2)8-17-21(18,19)13-7-12(20-14(13)15)9-16-11-5-6-11/h7,10-11,16-17H,3-6,8-9H2,1-2H3. The quantitative estimate of drug-likeness (QED) is 0.673. The van der Waals surface area contributed by atoms with Crippen LogP contribution in [0.5, 0.6) is 0 Å². The molecular weight excluding hydrogens is 372 g/mol. The SMILES string of the molecule is CCC(CC)CNS(=O)(=O)c1cc(CNC2CC2)sc1Br. The number of hydrogen-bond acceptors (Lipinski definition) is 4. The number of nitrogens with one attached hydrogen (secondary N) is 2. The number of hydrogen-bond donors (Lipinski definition) is 2. The number of thiophene rings is 1. The normalized spacial score (nSPS) is 15.8. The second kappa shape index (κ2) is 7.55. The summed E-state index contributed by atoms with van der Waals surface area (Å²) in [7, 11) is -3.42. The zero-order valence-electron chi connectivity index (χ0n) is 12.5. The van der Waals surface area contributed by atoms with Gasteiger partial charge in [-0.15, -0.1) is 11.3 Å². The lowest BCUT2D eigenvalue weighted by Gasteiger charge is -2.13. The van der Waals surface area contributed by atoms with E-state index in [4.69, 9.17) is 0 Å². The van der Waals surface area contributed by atoms with Gasteiger partial charge in [-0.2, -0.15) is 0 Å². The lowest BCUT2D eigenvalue weighted by Crippen LogP contribution is -2.29. The third-order valence-corrected chi connectivity index (χ3v) is 7.53. The van der Waals surface area contributed by atoms with Gasteiger partial charge in [-0.05, 0) is 40.8 Å². The van der Waals surface area contributed by atoms with E-state index in [1.165, 1.54) is 24.2 Å². The predicted molar refractivity (Wildman–Crippen MR) is 91.1 cm³/mol. The van der Waals surface area contributed by atoms with Gasteiger partial charge in [0.15, 0.2) is 0 Å². The van der Waals surface area contributed by atoms with Crippen LogP contribution in [0.2, 0.25) is 0 Å². The molecule has 0 aromatic carbocycles. The summed E-state index contributed by atoms with van der Waals surface area (Å²) in [4.78, 5) is 1.42. The number of sulfonamides is 1. The minimum absolute atomic E-state index is 0.367. The molecule has 120 valence electrons. The van der Waals surface area contributed by atoms with Gasteiger partial charge in [0.1, 0.15) is 4.90 Å². The van der Waals surface area contributed by atoms with Crippen LogP contribution in [0.3, 0.4) is 0 Å². The minimum Gasteiger partial charge on any atom is -0.309 e. The second-order valence-corrected chi connectivity index (χ2v) is 9.73. The van der Waals surface area contributed by atoms with Crippen LogP contribution < -0.4 is 10.0 Å². The fourth-order valence-corrected chi connectivity index (χ4v) is 5.83. The van der Waals surface area contributed by atoms with E-state index in [1.54, 1.807) is 6.07 Å². The summed E-state index contributed by atoms with van der Waals surface area (Å²) < 4.78 is 28.2. The third kappa shape index (κ3) is 5.03. The first-order valence-electron chi connectivity index (χ1n) is 7.47. The number of halogens is 1. The molecule has 1 fully saturated rings. The summed E-state index contributed by atoms with van der Waals surface area (Å²) in [5.41, 5.74) is 0. The molecule has 4 nitrogen and oxygen atoms in total. The summed E-state index contributed by atoms with van der Waals surface area (Å²) in [6.45, 7) is 5.43. The Morgan fingerprint density at radius 2 is 2.05 bits per heavy atom. The Bertz CT molecular complexity index is 564. The Labute approximate surface area is 139 Å². The highest BCUT2D eigenvalue weighted by Crippen LogP contribution is 2.32. The van der Waals surface area contributed by atoms with Crippen molar-refractivity contribution in [2.75, 3.05) is 6.54 Å². The van der Waals surface area contributed by atoms with Crippen molar-refractivity contribution in [1.29, 1.82) is 0 Å². The van der Waals surface area contributed by atoms with Crippen LogP contribution in [0, 0.1) is 5.92 Å². The first-order valence-corrected chi connectivity index (χ1v) is 10.6. The maximum absolute atomic E-state index is 12.4. The maximum Gasteiger partial charge on any atom is 0.242 e. The second-order valence-electron chi connectivity index (χ2n) is 5.54. The maximum atomic E-state index is 12.4. The smallest absolute Gasteiger partial charge is 0.242 e. The molecule has 7 heteroatoms. The summed E-state index contributed by atoms with van der Waals surface area (Å²) >= 11 is 4.88. The summed E-state index contributed by atoms with van der Waals surface area (Å²) in [5.74, 6) is 0.396. The van der Waals surface area contributed by atoms with Crippen molar-refractivity contribution in [1.82, 2.24) is 10.0 Å². The van der Waals surface area contributed by atoms with Gasteiger partial charge in [0, 0.05) is 24.0 Å². The van der Waals surface area contributed by atoms with Crippen LogP contribution in [-0.4, -0.2) is 21.0 Å². The summed E-state index contributed by atoms with van der Waals surface area (Å²) in [6, 6.07) is 2.40. The van der Waals surface area contributed by atoms with Crippen molar-refractivity contribution in [2.45, 2.75) is 57.0 Å². The molecule has 1 aliphatic rings. The number of rotatable bonds is 9. The molecule has 1 aromatic rings. The van der Waals surface area contributed by atoms with Gasteiger partial charge in [0.2, 0.25) is 10.0 Å². The monoisotopic (exact) mass is 394 g/mol. The lowest BCUT2D eigenvalue weighted by atomic mass is 10.0. The molecule has 21 heavy (non-hydrogen) atoms. The Hall–Kier alpha value is 0.0500. The fraction of sp³-hybridized carbons (Fsp3) is 0.714. The molecule has 0 atom stereocenters. The average Bonchev–Trinajstić information content (AvgIpc) is 3.19. The molecule has 0 spiro atoms. The molecule has 1 aromatic heterocycles. The fourth-order valence-electron chi connectivity index (χ4n) is 2.08. The van der Waals surface area contributed by atoms with Gasteiger partial charge >= 0.3 is 0 Å². The molecule has 0 aliphatic heterocycles. The van der Waals surface area contributed by atoms with E-state index >= 15 is 0 Å². The van der Waals surface area contributed by atoms with Gasteiger partial charge in [-0.1, -0.05) is 26.7 Å². The molecule has 2 rings (SSSR count). The van der Waals surface area contributed by atoms with E-state index in [-0.39, 0.29) is 0 Å². The highest BCUT2D eigenvalue weighted by atomic mass is 79.9. The van der Waals surface area contributed by atoms with Crippen molar-refractivity contribution in [3.05, 3.63) is 14.7 Å². The van der Waals surface area contributed by atoms with Crippen LogP contribution in [0.15, 0.2) is 14.7 Å². The summed E-state index contributed by atoms with van der Waals surface area (Å²) in [6.07, 6.45) is 4.43. The van der Waals surface area contributed by atoms with Gasteiger partial charge in [0.05, 0.1) is 3.79 Å². The highest BCUT2D eigenvalue weighted by Gasteiger charge is 2.23. The Morgan fingerprint density at radius 1 is 1.38 bits per heavy atom. The van der Waals surface area contributed by atoms with E-state index < -0.39 is 10.0 Å². The largest absolute Gasteiger partial charge is 0.309 e. The lowest BCUT2D eigenvalue weighted by molar-refractivity contribution is 0.479. The third-order valence-electron chi connectivity index (χ3n) is 3.86. The van der Waals surface area contributed by atoms with Crippen molar-refractivity contribution in [3.63, 3.8) is 0 Å². The van der Waals surface area contributed by atoms with E-state index in [9.17, 15) is 8.42 Å². The van der Waals surface area contributed by atoms with Crippen molar-refractivity contribution in [2.24, 2.45) is 5.92 Å². The molecule has 0 radical (unpaired) electrons. The van der Waals surface area contributed by atoms with Crippen molar-refractivity contribution in [3.8, 4) is 0 Å². The van der Waals surface area contributed by atoms with E-state index in [0.717, 1.165) is 24.3 Å². The van der Waals surface area contributed by atoms with Gasteiger partial charge in [-0.25, -0.2) is 13.1 Å². The molecule has 2 N–H and O–H groups in total. The zero-order chi connectivity index (χ0) is 15.5. The van der Waals surface area contributed by atoms with Crippen LogP contribution in [0.1, 0.15) is 44.4 Å². The van der Waals surface area contributed by atoms with Crippen LogP contribution >= 0.6 is 27.3 Å². The van der Waals surface area contributed by atoms with Gasteiger partial charge in [0.25, 0.3) is 0 Å². The molecule has 0 unspecified atom stereocenters. The average molecular weight is 395 g/mol. The molecule has 0 bridgehead atoms. The first-order chi connectivity index (χ1) is 9.96.